The van der Waals surface area contributed by atoms with Crippen molar-refractivity contribution in [1.82, 2.24) is 14.8 Å². The van der Waals surface area contributed by atoms with E-state index in [-0.39, 0.29) is 0 Å². The van der Waals surface area contributed by atoms with Crippen LogP contribution in [0.25, 0.3) is 0 Å². The van der Waals surface area contributed by atoms with Crippen molar-refractivity contribution in [3.63, 3.8) is 0 Å². The van der Waals surface area contributed by atoms with Crippen molar-refractivity contribution in [1.29, 1.82) is 0 Å². The molecule has 0 saturated carbocycles. The highest BCUT2D eigenvalue weighted by Gasteiger charge is 2.08. The molecule has 0 spiro atoms. The fraction of sp³-hybridized carbons (Fsp3) is 0.429. The van der Waals surface area contributed by atoms with Gasteiger partial charge < -0.3 is 10.1 Å². The summed E-state index contributed by atoms with van der Waals surface area (Å²) in [5.41, 5.74) is 3.24. The van der Waals surface area contributed by atoms with E-state index in [4.69, 9.17) is 4.74 Å². The summed E-state index contributed by atoms with van der Waals surface area (Å²) in [7, 11) is 1.94. The Bertz CT molecular complexity index is 536. The summed E-state index contributed by atoms with van der Waals surface area (Å²) in [5, 5.41) is 7.79. The molecule has 2 rings (SSSR count). The molecule has 0 aliphatic rings. The van der Waals surface area contributed by atoms with Crippen molar-refractivity contribution in [2.24, 2.45) is 7.05 Å². The Morgan fingerprint density at radius 2 is 2.21 bits per heavy atom. The van der Waals surface area contributed by atoms with E-state index in [1.54, 1.807) is 6.20 Å². The third-order valence-electron chi connectivity index (χ3n) is 2.85. The highest BCUT2D eigenvalue weighted by Crippen LogP contribution is 2.21. The zero-order valence-corrected chi connectivity index (χ0v) is 11.7. The number of aromatic nitrogens is 3. The monoisotopic (exact) mass is 260 g/mol. The molecule has 0 fully saturated rings. The van der Waals surface area contributed by atoms with Gasteiger partial charge in [-0.05, 0) is 25.5 Å². The summed E-state index contributed by atoms with van der Waals surface area (Å²) >= 11 is 0. The standard InChI is InChI=1S/C14H20N4O/c1-4-12-11(10-18(3)17-12)9-16-13-7-6-8-15-14(13)19-5-2/h6-8,10,16H,4-5,9H2,1-3H3. The maximum atomic E-state index is 5.49. The first-order valence-corrected chi connectivity index (χ1v) is 6.57. The van der Waals surface area contributed by atoms with Crippen LogP contribution in [0.2, 0.25) is 0 Å². The minimum atomic E-state index is 0.610. The highest BCUT2D eigenvalue weighted by molar-refractivity contribution is 5.52. The van der Waals surface area contributed by atoms with Crippen LogP contribution >= 0.6 is 0 Å². The quantitative estimate of drug-likeness (QED) is 0.866. The van der Waals surface area contributed by atoms with E-state index in [9.17, 15) is 0 Å². The molecular weight excluding hydrogens is 240 g/mol. The minimum Gasteiger partial charge on any atom is -0.476 e. The number of pyridine rings is 1. The number of hydrogen-bond acceptors (Lipinski definition) is 4. The van der Waals surface area contributed by atoms with Gasteiger partial charge in [0.1, 0.15) is 0 Å². The smallest absolute Gasteiger partial charge is 0.237 e. The molecule has 0 radical (unpaired) electrons. The molecule has 0 aromatic carbocycles. The molecule has 0 unspecified atom stereocenters. The summed E-state index contributed by atoms with van der Waals surface area (Å²) in [5.74, 6) is 0.645. The Hall–Kier alpha value is -2.04. The van der Waals surface area contributed by atoms with E-state index >= 15 is 0 Å². The van der Waals surface area contributed by atoms with E-state index in [2.05, 4.69) is 22.3 Å². The molecule has 0 amide bonds. The number of rotatable bonds is 6. The Balaban J connectivity index is 2.09. The summed E-state index contributed by atoms with van der Waals surface area (Å²) in [4.78, 5) is 4.22. The lowest BCUT2D eigenvalue weighted by atomic mass is 10.2. The number of anilines is 1. The van der Waals surface area contributed by atoms with Gasteiger partial charge in [0, 0.05) is 31.5 Å². The Kier molecular flexibility index (Phi) is 4.39. The largest absolute Gasteiger partial charge is 0.476 e. The summed E-state index contributed by atoms with van der Waals surface area (Å²) in [6.45, 7) is 5.40. The number of ether oxygens (including phenoxy) is 1. The van der Waals surface area contributed by atoms with E-state index in [0.29, 0.717) is 12.5 Å². The summed E-state index contributed by atoms with van der Waals surface area (Å²) in [6.07, 6.45) is 4.71. The van der Waals surface area contributed by atoms with Gasteiger partial charge in [-0.15, -0.1) is 0 Å². The lowest BCUT2D eigenvalue weighted by Crippen LogP contribution is -2.04. The van der Waals surface area contributed by atoms with Gasteiger partial charge in [0.05, 0.1) is 18.0 Å². The zero-order valence-electron chi connectivity index (χ0n) is 11.7. The second-order valence-corrected chi connectivity index (χ2v) is 4.27. The van der Waals surface area contributed by atoms with Crippen molar-refractivity contribution < 1.29 is 4.74 Å². The van der Waals surface area contributed by atoms with Crippen LogP contribution in [0.1, 0.15) is 25.1 Å². The fourth-order valence-corrected chi connectivity index (χ4v) is 2.00. The van der Waals surface area contributed by atoms with E-state index in [0.717, 1.165) is 24.3 Å². The zero-order chi connectivity index (χ0) is 13.7. The maximum absolute atomic E-state index is 5.49. The van der Waals surface area contributed by atoms with Crippen LogP contribution in [0, 0.1) is 0 Å². The molecule has 102 valence electrons. The van der Waals surface area contributed by atoms with Gasteiger partial charge in [-0.3, -0.25) is 4.68 Å². The van der Waals surface area contributed by atoms with Crippen molar-refractivity contribution in [2.45, 2.75) is 26.8 Å². The maximum Gasteiger partial charge on any atom is 0.237 e. The third kappa shape index (κ3) is 3.24. The first-order valence-electron chi connectivity index (χ1n) is 6.57. The number of aryl methyl sites for hydroxylation is 2. The summed E-state index contributed by atoms with van der Waals surface area (Å²) < 4.78 is 7.34. The van der Waals surface area contributed by atoms with E-state index < -0.39 is 0 Å². The molecular formula is C14H20N4O. The van der Waals surface area contributed by atoms with Crippen molar-refractivity contribution in [3.05, 3.63) is 35.8 Å². The molecule has 0 aliphatic carbocycles. The van der Waals surface area contributed by atoms with Gasteiger partial charge in [-0.25, -0.2) is 4.98 Å². The molecule has 2 heterocycles. The van der Waals surface area contributed by atoms with E-state index in [1.807, 2.05) is 37.0 Å². The lowest BCUT2D eigenvalue weighted by Gasteiger charge is -2.10. The SMILES string of the molecule is CCOc1ncccc1NCc1cn(C)nc1CC. The first kappa shape index (κ1) is 13.4. The third-order valence-corrected chi connectivity index (χ3v) is 2.85. The van der Waals surface area contributed by atoms with Gasteiger partial charge in [0.25, 0.3) is 0 Å². The van der Waals surface area contributed by atoms with E-state index in [1.165, 1.54) is 5.56 Å². The lowest BCUT2D eigenvalue weighted by molar-refractivity contribution is 0.328. The molecule has 0 aliphatic heterocycles. The second-order valence-electron chi connectivity index (χ2n) is 4.27. The van der Waals surface area contributed by atoms with Crippen LogP contribution in [0.5, 0.6) is 5.88 Å². The highest BCUT2D eigenvalue weighted by atomic mass is 16.5. The molecule has 0 atom stereocenters. The Morgan fingerprint density at radius 1 is 1.37 bits per heavy atom. The Morgan fingerprint density at radius 3 is 2.95 bits per heavy atom. The second kappa shape index (κ2) is 6.22. The number of nitrogens with one attached hydrogen (secondary N) is 1. The number of hydrogen-bond donors (Lipinski definition) is 1. The molecule has 19 heavy (non-hydrogen) atoms. The van der Waals surface area contributed by atoms with Crippen LogP contribution < -0.4 is 10.1 Å². The normalized spacial score (nSPS) is 10.5. The molecule has 2 aromatic heterocycles. The topological polar surface area (TPSA) is 52.0 Å². The van der Waals surface area contributed by atoms with Crippen LogP contribution in [0.4, 0.5) is 5.69 Å². The average molecular weight is 260 g/mol. The van der Waals surface area contributed by atoms with Gasteiger partial charge in [0.2, 0.25) is 5.88 Å². The van der Waals surface area contributed by atoms with Crippen LogP contribution in [-0.4, -0.2) is 21.4 Å². The summed E-state index contributed by atoms with van der Waals surface area (Å²) in [6, 6.07) is 3.87. The van der Waals surface area contributed by atoms with Crippen molar-refractivity contribution in [3.8, 4) is 5.88 Å². The molecule has 0 bridgehead atoms. The predicted octanol–water partition coefficient (Wildman–Crippen LogP) is 2.39. The van der Waals surface area contributed by atoms with Gasteiger partial charge >= 0.3 is 0 Å². The number of nitrogens with zero attached hydrogens (tertiary/aromatic N) is 3. The van der Waals surface area contributed by atoms with Crippen molar-refractivity contribution >= 4 is 5.69 Å². The molecule has 5 heteroatoms. The van der Waals surface area contributed by atoms with Gasteiger partial charge in [-0.1, -0.05) is 6.92 Å². The molecule has 2 aromatic rings. The van der Waals surface area contributed by atoms with Gasteiger partial charge in [-0.2, -0.15) is 5.10 Å². The van der Waals surface area contributed by atoms with Crippen LogP contribution in [0.3, 0.4) is 0 Å². The minimum absolute atomic E-state index is 0.610. The van der Waals surface area contributed by atoms with Gasteiger partial charge in [0.15, 0.2) is 0 Å². The molecule has 5 nitrogen and oxygen atoms in total. The average Bonchev–Trinajstić information content (AvgIpc) is 2.78. The predicted molar refractivity (Wildman–Crippen MR) is 75.3 cm³/mol. The van der Waals surface area contributed by atoms with Crippen LogP contribution in [0.15, 0.2) is 24.5 Å². The fourth-order valence-electron chi connectivity index (χ4n) is 2.00. The molecule has 1 N–H and O–H groups in total. The van der Waals surface area contributed by atoms with Crippen LogP contribution in [-0.2, 0) is 20.0 Å². The first-order chi connectivity index (χ1) is 9.24. The Labute approximate surface area is 113 Å². The van der Waals surface area contributed by atoms with Crippen molar-refractivity contribution in [2.75, 3.05) is 11.9 Å². The molecule has 0 saturated heterocycles.